The fraction of sp³-hybridized carbons (Fsp3) is 0.208. The summed E-state index contributed by atoms with van der Waals surface area (Å²) < 4.78 is 28.4. The van der Waals surface area contributed by atoms with Gasteiger partial charge in [-0.2, -0.15) is 5.10 Å². The summed E-state index contributed by atoms with van der Waals surface area (Å²) in [5.41, 5.74) is 2.46. The van der Waals surface area contributed by atoms with E-state index >= 15 is 0 Å². The number of likely N-dealkylation sites (N-methyl/N-ethyl adjacent to an activating group) is 1. The molecular formula is C24H23F2N5O. The van der Waals surface area contributed by atoms with Crippen LogP contribution in [0.25, 0.3) is 11.3 Å². The third kappa shape index (κ3) is 4.59. The van der Waals surface area contributed by atoms with Gasteiger partial charge in [0.2, 0.25) is 0 Å². The number of anilines is 1. The summed E-state index contributed by atoms with van der Waals surface area (Å²) in [4.78, 5) is 21.2. The lowest BCUT2D eigenvalue weighted by molar-refractivity contribution is 0.0758. The molecule has 0 saturated heterocycles. The Labute approximate surface area is 185 Å². The lowest BCUT2D eigenvalue weighted by atomic mass is 10.1. The Morgan fingerprint density at radius 2 is 1.97 bits per heavy atom. The summed E-state index contributed by atoms with van der Waals surface area (Å²) in [7, 11) is 0. The van der Waals surface area contributed by atoms with Crippen LogP contribution in [0, 0.1) is 11.6 Å². The largest absolute Gasteiger partial charge is 0.337 e. The molecule has 0 saturated carbocycles. The van der Waals surface area contributed by atoms with Crippen molar-refractivity contribution in [3.63, 3.8) is 0 Å². The summed E-state index contributed by atoms with van der Waals surface area (Å²) in [5, 5.41) is 4.44. The molecule has 8 heteroatoms. The van der Waals surface area contributed by atoms with Crippen molar-refractivity contribution in [2.45, 2.75) is 13.5 Å². The van der Waals surface area contributed by atoms with Crippen molar-refractivity contribution in [3.05, 3.63) is 84.2 Å². The Balaban J connectivity index is 1.46. The van der Waals surface area contributed by atoms with E-state index in [1.807, 2.05) is 48.4 Å². The van der Waals surface area contributed by atoms with Gasteiger partial charge < -0.3 is 9.80 Å². The standard InChI is InChI=1S/C24H23F2N5O/c1-2-29(24(32)19-6-3-4-7-23(19)30-12-5-11-27-17-30)14-15-31-13-10-22(28-31)18-8-9-20(25)21(26)16-18/h3-13,16H,2,14-15,17H2,1H3. The number of allylic oxidation sites excluding steroid dienone is 1. The van der Waals surface area contributed by atoms with Gasteiger partial charge in [-0.1, -0.05) is 12.1 Å². The number of aromatic nitrogens is 2. The summed E-state index contributed by atoms with van der Waals surface area (Å²) >= 11 is 0. The van der Waals surface area contributed by atoms with E-state index in [-0.39, 0.29) is 5.91 Å². The van der Waals surface area contributed by atoms with E-state index in [0.29, 0.717) is 43.1 Å². The molecule has 0 radical (unpaired) electrons. The number of aliphatic imine (C=N–C) groups is 1. The van der Waals surface area contributed by atoms with Crippen molar-refractivity contribution in [3.8, 4) is 11.3 Å². The van der Waals surface area contributed by atoms with Crippen molar-refractivity contribution in [1.82, 2.24) is 14.7 Å². The summed E-state index contributed by atoms with van der Waals surface area (Å²) in [6, 6.07) is 12.9. The second kappa shape index (κ2) is 9.55. The van der Waals surface area contributed by atoms with Gasteiger partial charge in [-0.25, -0.2) is 8.78 Å². The van der Waals surface area contributed by atoms with Crippen molar-refractivity contribution >= 4 is 17.8 Å². The van der Waals surface area contributed by atoms with Crippen molar-refractivity contribution in [2.24, 2.45) is 4.99 Å². The molecule has 1 aromatic heterocycles. The van der Waals surface area contributed by atoms with E-state index in [1.54, 1.807) is 28.1 Å². The van der Waals surface area contributed by atoms with Crippen molar-refractivity contribution < 1.29 is 13.6 Å². The first-order chi connectivity index (χ1) is 15.6. The Bertz CT molecular complexity index is 1170. The Kier molecular flexibility index (Phi) is 6.39. The molecule has 1 amide bonds. The average Bonchev–Trinajstić information content (AvgIpc) is 3.31. The molecule has 0 bridgehead atoms. The maximum absolute atomic E-state index is 13.5. The smallest absolute Gasteiger partial charge is 0.256 e. The van der Waals surface area contributed by atoms with Crippen molar-refractivity contribution in [2.75, 3.05) is 24.7 Å². The van der Waals surface area contributed by atoms with Crippen LogP contribution in [0.2, 0.25) is 0 Å². The van der Waals surface area contributed by atoms with Gasteiger partial charge in [-0.15, -0.1) is 0 Å². The summed E-state index contributed by atoms with van der Waals surface area (Å²) in [5.74, 6) is -1.87. The first kappa shape index (κ1) is 21.4. The lowest BCUT2D eigenvalue weighted by Gasteiger charge is -2.26. The number of carbonyl (C=O) groups excluding carboxylic acids is 1. The summed E-state index contributed by atoms with van der Waals surface area (Å²) in [6.45, 7) is 3.86. The van der Waals surface area contributed by atoms with Gasteiger partial charge in [0.1, 0.15) is 6.67 Å². The van der Waals surface area contributed by atoms with Crippen LogP contribution < -0.4 is 4.90 Å². The summed E-state index contributed by atoms with van der Waals surface area (Å²) in [6.07, 6.45) is 7.24. The zero-order valence-electron chi connectivity index (χ0n) is 17.7. The molecule has 6 nitrogen and oxygen atoms in total. The third-order valence-corrected chi connectivity index (χ3v) is 5.26. The predicted molar refractivity (Wildman–Crippen MR) is 121 cm³/mol. The van der Waals surface area contributed by atoms with E-state index in [4.69, 9.17) is 0 Å². The van der Waals surface area contributed by atoms with Gasteiger partial charge in [0.15, 0.2) is 11.6 Å². The highest BCUT2D eigenvalue weighted by molar-refractivity contribution is 6.00. The SMILES string of the molecule is CCN(CCn1ccc(-c2ccc(F)c(F)c2)n1)C(=O)c1ccccc1N1C=CC=NC1. The average molecular weight is 435 g/mol. The van der Waals surface area contributed by atoms with Gasteiger partial charge in [0, 0.05) is 37.3 Å². The fourth-order valence-electron chi connectivity index (χ4n) is 3.54. The minimum absolute atomic E-state index is 0.0703. The molecule has 0 spiro atoms. The van der Waals surface area contributed by atoms with Gasteiger partial charge in [-0.05, 0) is 49.4 Å². The predicted octanol–water partition coefficient (Wildman–Crippen LogP) is 4.35. The number of halogens is 2. The number of carbonyl (C=O) groups is 1. The lowest BCUT2D eigenvalue weighted by Crippen LogP contribution is -2.35. The molecule has 1 aliphatic rings. The molecule has 0 aliphatic carbocycles. The Morgan fingerprint density at radius 3 is 2.72 bits per heavy atom. The highest BCUT2D eigenvalue weighted by Gasteiger charge is 2.20. The number of amides is 1. The number of nitrogens with zero attached hydrogens (tertiary/aromatic N) is 5. The second-order valence-electron chi connectivity index (χ2n) is 7.28. The van der Waals surface area contributed by atoms with Gasteiger partial charge in [-0.3, -0.25) is 14.5 Å². The molecule has 2 heterocycles. The molecule has 32 heavy (non-hydrogen) atoms. The van der Waals surface area contributed by atoms with Crippen LogP contribution in [0.1, 0.15) is 17.3 Å². The number of benzene rings is 2. The molecule has 1 aliphatic heterocycles. The van der Waals surface area contributed by atoms with Crippen LogP contribution in [-0.2, 0) is 6.54 Å². The molecule has 0 N–H and O–H groups in total. The first-order valence-electron chi connectivity index (χ1n) is 10.4. The molecule has 0 fully saturated rings. The third-order valence-electron chi connectivity index (χ3n) is 5.26. The number of para-hydroxylation sites is 1. The maximum atomic E-state index is 13.5. The quantitative estimate of drug-likeness (QED) is 0.554. The maximum Gasteiger partial charge on any atom is 0.256 e. The minimum Gasteiger partial charge on any atom is -0.337 e. The van der Waals surface area contributed by atoms with Gasteiger partial charge in [0.05, 0.1) is 23.5 Å². The Hall–Kier alpha value is -3.81. The normalized spacial score (nSPS) is 12.9. The molecular weight excluding hydrogens is 412 g/mol. The number of hydrogen-bond acceptors (Lipinski definition) is 4. The minimum atomic E-state index is -0.910. The molecule has 0 atom stereocenters. The first-order valence-corrected chi connectivity index (χ1v) is 10.4. The van der Waals surface area contributed by atoms with Crippen LogP contribution in [0.3, 0.4) is 0 Å². The van der Waals surface area contributed by atoms with Crippen LogP contribution >= 0.6 is 0 Å². The van der Waals surface area contributed by atoms with Crippen LogP contribution in [0.4, 0.5) is 14.5 Å². The van der Waals surface area contributed by atoms with Gasteiger partial charge in [0.25, 0.3) is 5.91 Å². The zero-order chi connectivity index (χ0) is 22.5. The topological polar surface area (TPSA) is 53.7 Å². The van der Waals surface area contributed by atoms with E-state index in [9.17, 15) is 13.6 Å². The molecule has 0 unspecified atom stereocenters. The second-order valence-corrected chi connectivity index (χ2v) is 7.28. The number of rotatable bonds is 7. The van der Waals surface area contributed by atoms with Crippen LogP contribution in [-0.4, -0.2) is 46.6 Å². The number of hydrogen-bond donors (Lipinski definition) is 0. The Morgan fingerprint density at radius 1 is 1.12 bits per heavy atom. The molecule has 4 rings (SSSR count). The fourth-order valence-corrected chi connectivity index (χ4v) is 3.54. The molecule has 2 aromatic carbocycles. The molecule has 164 valence electrons. The van der Waals surface area contributed by atoms with Crippen LogP contribution in [0.5, 0.6) is 0 Å². The molecule has 3 aromatic rings. The van der Waals surface area contributed by atoms with Crippen LogP contribution in [0.15, 0.2) is 72.0 Å². The van der Waals surface area contributed by atoms with E-state index in [2.05, 4.69) is 10.1 Å². The van der Waals surface area contributed by atoms with E-state index < -0.39 is 11.6 Å². The zero-order valence-corrected chi connectivity index (χ0v) is 17.7. The highest BCUT2D eigenvalue weighted by Crippen LogP contribution is 2.24. The van der Waals surface area contributed by atoms with E-state index in [0.717, 1.165) is 17.8 Å². The van der Waals surface area contributed by atoms with Gasteiger partial charge >= 0.3 is 0 Å². The highest BCUT2D eigenvalue weighted by atomic mass is 19.2. The monoisotopic (exact) mass is 435 g/mol. The van der Waals surface area contributed by atoms with Crippen molar-refractivity contribution in [1.29, 1.82) is 0 Å². The van der Waals surface area contributed by atoms with E-state index in [1.165, 1.54) is 6.07 Å².